The molecule has 1 aromatic carbocycles. The van der Waals surface area contributed by atoms with Gasteiger partial charge in [0.25, 0.3) is 0 Å². The van der Waals surface area contributed by atoms with Crippen molar-refractivity contribution in [3.8, 4) is 11.1 Å². The number of aliphatic imine (C=N–C) groups is 1. The second kappa shape index (κ2) is 8.09. The van der Waals surface area contributed by atoms with Gasteiger partial charge in [0.15, 0.2) is 5.82 Å². The molecule has 31 heavy (non-hydrogen) atoms. The number of nitrogens with two attached hydrogens (primary N) is 1. The summed E-state index contributed by atoms with van der Waals surface area (Å²) in [5.41, 5.74) is 10.3. The number of rotatable bonds is 4. The Balaban J connectivity index is 1.43. The molecule has 1 fully saturated rings. The second-order valence-corrected chi connectivity index (χ2v) is 9.90. The molecule has 4 heterocycles. The van der Waals surface area contributed by atoms with E-state index in [-0.39, 0.29) is 16.6 Å². The number of para-hydroxylation sites is 1. The molecule has 0 spiro atoms. The molecule has 0 aliphatic carbocycles. The summed E-state index contributed by atoms with van der Waals surface area (Å²) in [4.78, 5) is 9.50. The average Bonchev–Trinajstić information content (AvgIpc) is 3.18. The van der Waals surface area contributed by atoms with Gasteiger partial charge < -0.3 is 15.8 Å². The number of benzene rings is 1. The molecule has 5 rings (SSSR count). The van der Waals surface area contributed by atoms with Crippen molar-refractivity contribution < 1.29 is 4.74 Å². The number of nitrogens with zero attached hydrogens (tertiary/aromatic N) is 4. The van der Waals surface area contributed by atoms with Gasteiger partial charge in [-0.2, -0.15) is 5.10 Å². The molecule has 2 aromatic heterocycles. The molecule has 2 aliphatic heterocycles. The van der Waals surface area contributed by atoms with E-state index in [1.807, 2.05) is 30.6 Å². The number of hydrogen-bond donors (Lipinski definition) is 2. The fraction of sp³-hybridized carbons (Fsp3) is 0.435. The van der Waals surface area contributed by atoms with Crippen molar-refractivity contribution in [3.63, 3.8) is 0 Å². The van der Waals surface area contributed by atoms with Gasteiger partial charge in [-0.1, -0.05) is 34.1 Å². The molecular formula is C23H27BrN6O. The topological polar surface area (TPSA) is 90.4 Å². The van der Waals surface area contributed by atoms with Crippen molar-refractivity contribution >= 4 is 38.4 Å². The normalized spacial score (nSPS) is 25.3. The maximum Gasteiger partial charge on any atom is 0.160 e. The molecular weight excluding hydrogens is 456 g/mol. The molecule has 3 atom stereocenters. The van der Waals surface area contributed by atoms with Crippen LogP contribution in [0.15, 0.2) is 47.7 Å². The number of ether oxygens (including phenoxy) is 1. The van der Waals surface area contributed by atoms with E-state index in [1.165, 1.54) is 0 Å². The zero-order valence-corrected chi connectivity index (χ0v) is 19.3. The Morgan fingerprint density at radius 3 is 2.97 bits per heavy atom. The molecule has 7 nitrogen and oxygen atoms in total. The number of aromatic nitrogens is 3. The molecule has 3 N–H and O–H groups in total. The summed E-state index contributed by atoms with van der Waals surface area (Å²) in [6.45, 7) is 5.74. The van der Waals surface area contributed by atoms with Gasteiger partial charge in [0.05, 0.1) is 27.9 Å². The molecule has 0 amide bonds. The lowest BCUT2D eigenvalue weighted by atomic mass is 9.94. The minimum atomic E-state index is -0.322. The molecule has 1 saturated heterocycles. The third kappa shape index (κ3) is 4.05. The average molecular weight is 483 g/mol. The summed E-state index contributed by atoms with van der Waals surface area (Å²) in [5, 5.41) is 9.29. The third-order valence-corrected chi connectivity index (χ3v) is 7.16. The monoisotopic (exact) mass is 482 g/mol. The van der Waals surface area contributed by atoms with Crippen LogP contribution in [0.3, 0.4) is 0 Å². The summed E-state index contributed by atoms with van der Waals surface area (Å²) in [5.74, 6) is 0.782. The van der Waals surface area contributed by atoms with Gasteiger partial charge in [-0.05, 0) is 38.8 Å². The van der Waals surface area contributed by atoms with Crippen molar-refractivity contribution in [2.45, 2.75) is 49.3 Å². The molecule has 2 aliphatic rings. The van der Waals surface area contributed by atoms with Crippen LogP contribution in [0.25, 0.3) is 22.0 Å². The Labute approximate surface area is 190 Å². The van der Waals surface area contributed by atoms with Crippen LogP contribution >= 0.6 is 15.9 Å². The lowest BCUT2D eigenvalue weighted by Gasteiger charge is -2.36. The quantitative estimate of drug-likeness (QED) is 0.549. The minimum Gasteiger partial charge on any atom is -0.375 e. The number of pyridine rings is 1. The largest absolute Gasteiger partial charge is 0.375 e. The van der Waals surface area contributed by atoms with Crippen LogP contribution < -0.4 is 11.1 Å². The molecule has 162 valence electrons. The van der Waals surface area contributed by atoms with Crippen LogP contribution in [0, 0.1) is 0 Å². The van der Waals surface area contributed by atoms with Crippen LogP contribution in [0.5, 0.6) is 0 Å². The summed E-state index contributed by atoms with van der Waals surface area (Å²) in [7, 11) is 0. The molecule has 0 saturated carbocycles. The van der Waals surface area contributed by atoms with Crippen molar-refractivity contribution in [3.05, 3.63) is 42.7 Å². The molecule has 3 unspecified atom stereocenters. The summed E-state index contributed by atoms with van der Waals surface area (Å²) in [6.07, 6.45) is 5.37. The zero-order valence-electron chi connectivity index (χ0n) is 17.8. The van der Waals surface area contributed by atoms with Gasteiger partial charge in [-0.3, -0.25) is 4.98 Å². The predicted octanol–water partition coefficient (Wildman–Crippen LogP) is 3.95. The number of halogens is 1. The highest BCUT2D eigenvalue weighted by Crippen LogP contribution is 2.37. The highest BCUT2D eigenvalue weighted by atomic mass is 79.9. The van der Waals surface area contributed by atoms with Crippen LogP contribution in [-0.2, 0) is 4.74 Å². The Bertz CT molecular complexity index is 1140. The van der Waals surface area contributed by atoms with E-state index in [2.05, 4.69) is 57.3 Å². The van der Waals surface area contributed by atoms with Gasteiger partial charge in [-0.25, -0.2) is 9.67 Å². The summed E-state index contributed by atoms with van der Waals surface area (Å²) < 4.78 is 7.64. The van der Waals surface area contributed by atoms with E-state index in [1.54, 1.807) is 4.68 Å². The molecule has 8 heteroatoms. The van der Waals surface area contributed by atoms with E-state index >= 15 is 0 Å². The Kier molecular flexibility index (Phi) is 5.42. The van der Waals surface area contributed by atoms with Gasteiger partial charge in [-0.15, -0.1) is 0 Å². The zero-order chi connectivity index (χ0) is 21.6. The van der Waals surface area contributed by atoms with Crippen LogP contribution in [0.1, 0.15) is 32.9 Å². The highest BCUT2D eigenvalue weighted by Gasteiger charge is 2.33. The summed E-state index contributed by atoms with van der Waals surface area (Å²) in [6, 6.07) is 10.6. The molecule has 3 aromatic rings. The molecule has 0 radical (unpaired) electrons. The number of nitrogens with one attached hydrogen (secondary N) is 1. The van der Waals surface area contributed by atoms with Crippen LogP contribution in [-0.4, -0.2) is 50.1 Å². The first-order valence-electron chi connectivity index (χ1n) is 10.7. The van der Waals surface area contributed by atoms with Gasteiger partial charge in [0.1, 0.15) is 6.17 Å². The highest BCUT2D eigenvalue weighted by molar-refractivity contribution is 9.10. The van der Waals surface area contributed by atoms with E-state index in [4.69, 9.17) is 15.5 Å². The van der Waals surface area contributed by atoms with Gasteiger partial charge in [0.2, 0.25) is 0 Å². The van der Waals surface area contributed by atoms with E-state index in [9.17, 15) is 0 Å². The minimum absolute atomic E-state index is 0.0807. The lowest BCUT2D eigenvalue weighted by Crippen LogP contribution is -2.47. The van der Waals surface area contributed by atoms with Gasteiger partial charge >= 0.3 is 0 Å². The van der Waals surface area contributed by atoms with E-state index in [0.717, 1.165) is 53.0 Å². The fourth-order valence-corrected chi connectivity index (χ4v) is 4.91. The Morgan fingerprint density at radius 1 is 1.29 bits per heavy atom. The lowest BCUT2D eigenvalue weighted by molar-refractivity contribution is -0.0622. The third-order valence-electron chi connectivity index (χ3n) is 6.09. The number of hydrogen-bond acceptors (Lipinski definition) is 6. The van der Waals surface area contributed by atoms with Crippen molar-refractivity contribution in [1.82, 2.24) is 20.1 Å². The Hall–Kier alpha value is -2.13. The van der Waals surface area contributed by atoms with E-state index < -0.39 is 0 Å². The van der Waals surface area contributed by atoms with Crippen molar-refractivity contribution in [1.29, 1.82) is 0 Å². The number of fused-ring (bicyclic) bond motifs is 2. The smallest absolute Gasteiger partial charge is 0.160 e. The van der Waals surface area contributed by atoms with Crippen molar-refractivity contribution in [2.24, 2.45) is 10.7 Å². The van der Waals surface area contributed by atoms with Crippen molar-refractivity contribution in [2.75, 3.05) is 13.2 Å². The standard InChI is InChI=1S/C23H27BrN6O/c1-23(2)10-16(7-8-31-23)26-13-19-20(24)21(25)30-22(29-19)17(12-28-30)15-9-14-5-3-4-6-18(14)27-11-15/h3-6,9,11-12,16,20-21,26H,7-8,10,13,25H2,1-2H3. The first kappa shape index (κ1) is 20.8. The maximum atomic E-state index is 6.52. The summed E-state index contributed by atoms with van der Waals surface area (Å²) >= 11 is 3.74. The van der Waals surface area contributed by atoms with Crippen LogP contribution in [0.2, 0.25) is 0 Å². The second-order valence-electron chi connectivity index (χ2n) is 8.92. The first-order chi connectivity index (χ1) is 14.9. The molecule has 0 bridgehead atoms. The predicted molar refractivity (Wildman–Crippen MR) is 127 cm³/mol. The fourth-order valence-electron chi connectivity index (χ4n) is 4.42. The van der Waals surface area contributed by atoms with Gasteiger partial charge in [0, 0.05) is 41.9 Å². The van der Waals surface area contributed by atoms with E-state index in [0.29, 0.717) is 12.6 Å². The first-order valence-corrected chi connectivity index (χ1v) is 11.6. The Morgan fingerprint density at radius 2 is 2.13 bits per heavy atom. The van der Waals surface area contributed by atoms with Crippen LogP contribution in [0.4, 0.5) is 5.82 Å². The maximum absolute atomic E-state index is 6.52. The number of alkyl halides is 1. The SMILES string of the molecule is CC1(C)CC(NCC2=Nc3c(-c4cnc5ccccc5c4)cnn3C(N)C2Br)CCO1.